The average molecular weight is 288 g/mol. The van der Waals surface area contributed by atoms with Crippen molar-refractivity contribution in [1.82, 2.24) is 0 Å². The van der Waals surface area contributed by atoms with Crippen LogP contribution in [0.4, 0.5) is 5.69 Å². The summed E-state index contributed by atoms with van der Waals surface area (Å²) in [7, 11) is 0. The van der Waals surface area contributed by atoms with E-state index in [1.54, 1.807) is 23.1 Å². The molecule has 0 aliphatic heterocycles. The molecule has 19 heavy (non-hydrogen) atoms. The average Bonchev–Trinajstić information content (AvgIpc) is 2.93. The lowest BCUT2D eigenvalue weighted by Crippen LogP contribution is -2.07. The van der Waals surface area contributed by atoms with Crippen LogP contribution in [0.2, 0.25) is 0 Å². The summed E-state index contributed by atoms with van der Waals surface area (Å²) in [5, 5.41) is 17.0. The Bertz CT molecular complexity index is 570. The van der Waals surface area contributed by atoms with Crippen LogP contribution in [0.15, 0.2) is 39.9 Å². The highest BCUT2D eigenvalue weighted by Crippen LogP contribution is 2.30. The summed E-state index contributed by atoms with van der Waals surface area (Å²) in [6, 6.07) is 10.6. The molecule has 1 N–H and O–H groups in total. The second-order valence-electron chi connectivity index (χ2n) is 4.15. The Hall–Kier alpha value is -1.44. The maximum atomic E-state index is 9.37. The highest BCUT2D eigenvalue weighted by Gasteiger charge is 2.11. The third kappa shape index (κ3) is 3.31. The molecule has 0 bridgehead atoms. The second-order valence-corrected chi connectivity index (χ2v) is 6.23. The van der Waals surface area contributed by atoms with Crippen molar-refractivity contribution < 1.29 is 0 Å². The van der Waals surface area contributed by atoms with Crippen molar-refractivity contribution in [2.45, 2.75) is 24.8 Å². The molecule has 0 aliphatic carbocycles. The van der Waals surface area contributed by atoms with Gasteiger partial charge in [-0.2, -0.15) is 16.6 Å². The Balaban J connectivity index is 2.25. The van der Waals surface area contributed by atoms with Gasteiger partial charge in [-0.15, -0.1) is 11.8 Å². The minimum absolute atomic E-state index is 0.209. The van der Waals surface area contributed by atoms with Crippen molar-refractivity contribution in [2.75, 3.05) is 11.1 Å². The van der Waals surface area contributed by atoms with Crippen LogP contribution in [-0.4, -0.2) is 5.75 Å². The molecular formula is C15H16N2S2. The van der Waals surface area contributed by atoms with Gasteiger partial charge in [-0.05, 0) is 47.2 Å². The first-order chi connectivity index (χ1) is 9.26. The van der Waals surface area contributed by atoms with E-state index < -0.39 is 0 Å². The van der Waals surface area contributed by atoms with Gasteiger partial charge in [0.1, 0.15) is 6.07 Å². The zero-order valence-electron chi connectivity index (χ0n) is 11.0. The predicted molar refractivity (Wildman–Crippen MR) is 83.9 cm³/mol. The SMILES string of the molecule is CCSc1cccc(NC(C)c2ccsc2)c1C#N. The summed E-state index contributed by atoms with van der Waals surface area (Å²) in [5.74, 6) is 0.970. The van der Waals surface area contributed by atoms with Crippen molar-refractivity contribution in [1.29, 1.82) is 5.26 Å². The topological polar surface area (TPSA) is 35.8 Å². The van der Waals surface area contributed by atoms with Gasteiger partial charge in [-0.1, -0.05) is 13.0 Å². The quantitative estimate of drug-likeness (QED) is 0.794. The number of thiophene rings is 1. The lowest BCUT2D eigenvalue weighted by molar-refractivity contribution is 0.888. The fourth-order valence-electron chi connectivity index (χ4n) is 1.88. The van der Waals surface area contributed by atoms with Crippen molar-refractivity contribution in [2.24, 2.45) is 0 Å². The van der Waals surface area contributed by atoms with Crippen LogP contribution >= 0.6 is 23.1 Å². The Kier molecular flexibility index (Phi) is 4.89. The van der Waals surface area contributed by atoms with Crippen LogP contribution in [-0.2, 0) is 0 Å². The highest BCUT2D eigenvalue weighted by molar-refractivity contribution is 7.99. The van der Waals surface area contributed by atoms with Crippen LogP contribution in [0.1, 0.15) is 31.0 Å². The van der Waals surface area contributed by atoms with Crippen LogP contribution in [0, 0.1) is 11.3 Å². The van der Waals surface area contributed by atoms with Gasteiger partial charge >= 0.3 is 0 Å². The third-order valence-electron chi connectivity index (χ3n) is 2.85. The van der Waals surface area contributed by atoms with Crippen LogP contribution < -0.4 is 5.32 Å². The van der Waals surface area contributed by atoms with E-state index in [1.807, 2.05) is 18.2 Å². The first-order valence-electron chi connectivity index (χ1n) is 6.20. The number of nitriles is 1. The fourth-order valence-corrected chi connectivity index (χ4v) is 3.42. The zero-order valence-corrected chi connectivity index (χ0v) is 12.6. The molecule has 1 aromatic heterocycles. The third-order valence-corrected chi connectivity index (χ3v) is 4.49. The molecule has 0 radical (unpaired) electrons. The summed E-state index contributed by atoms with van der Waals surface area (Å²) in [4.78, 5) is 1.05. The van der Waals surface area contributed by atoms with Gasteiger partial charge in [0.25, 0.3) is 0 Å². The molecule has 0 saturated heterocycles. The summed E-state index contributed by atoms with van der Waals surface area (Å²) >= 11 is 3.40. The number of hydrogen-bond acceptors (Lipinski definition) is 4. The molecule has 1 unspecified atom stereocenters. The molecule has 98 valence electrons. The van der Waals surface area contributed by atoms with E-state index in [0.717, 1.165) is 21.9 Å². The Labute approximate surface area is 122 Å². The molecule has 4 heteroatoms. The van der Waals surface area contributed by atoms with E-state index in [0.29, 0.717) is 0 Å². The second kappa shape index (κ2) is 6.65. The maximum absolute atomic E-state index is 9.37. The minimum Gasteiger partial charge on any atom is -0.377 e. The van der Waals surface area contributed by atoms with E-state index in [1.165, 1.54) is 5.56 Å². The normalized spacial score (nSPS) is 11.8. The van der Waals surface area contributed by atoms with Gasteiger partial charge in [0.2, 0.25) is 0 Å². The number of anilines is 1. The first-order valence-corrected chi connectivity index (χ1v) is 8.13. The Morgan fingerprint density at radius 2 is 2.26 bits per heavy atom. The van der Waals surface area contributed by atoms with E-state index in [9.17, 15) is 5.26 Å². The number of rotatable bonds is 5. The van der Waals surface area contributed by atoms with Crippen LogP contribution in [0.3, 0.4) is 0 Å². The van der Waals surface area contributed by atoms with Gasteiger partial charge in [0.15, 0.2) is 0 Å². The van der Waals surface area contributed by atoms with E-state index in [4.69, 9.17) is 0 Å². The predicted octanol–water partition coefficient (Wildman–Crippen LogP) is 4.90. The molecule has 2 rings (SSSR count). The monoisotopic (exact) mass is 288 g/mol. The first kappa shape index (κ1) is 14.0. The molecule has 1 aromatic carbocycles. The van der Waals surface area contributed by atoms with Gasteiger partial charge in [-0.3, -0.25) is 0 Å². The van der Waals surface area contributed by atoms with Gasteiger partial charge in [0, 0.05) is 10.9 Å². The highest BCUT2D eigenvalue weighted by atomic mass is 32.2. The molecule has 1 heterocycles. The zero-order chi connectivity index (χ0) is 13.7. The molecule has 0 spiro atoms. The van der Waals surface area contributed by atoms with Crippen LogP contribution in [0.5, 0.6) is 0 Å². The van der Waals surface area contributed by atoms with E-state index in [-0.39, 0.29) is 6.04 Å². The van der Waals surface area contributed by atoms with E-state index >= 15 is 0 Å². The summed E-state index contributed by atoms with van der Waals surface area (Å²) < 4.78 is 0. The van der Waals surface area contributed by atoms with Crippen molar-refractivity contribution in [3.05, 3.63) is 46.2 Å². The number of benzene rings is 1. The van der Waals surface area contributed by atoms with E-state index in [2.05, 4.69) is 42.1 Å². The number of hydrogen-bond donors (Lipinski definition) is 1. The molecule has 2 nitrogen and oxygen atoms in total. The molecule has 0 amide bonds. The van der Waals surface area contributed by atoms with Gasteiger partial charge in [0.05, 0.1) is 11.3 Å². The van der Waals surface area contributed by atoms with Crippen LogP contribution in [0.25, 0.3) is 0 Å². The number of nitrogens with one attached hydrogen (secondary N) is 1. The van der Waals surface area contributed by atoms with Gasteiger partial charge < -0.3 is 5.32 Å². The molecule has 2 aromatic rings. The standard InChI is InChI=1S/C15H16N2S2/c1-3-19-15-6-4-5-14(13(15)9-16)17-11(2)12-7-8-18-10-12/h4-8,10-11,17H,3H2,1-2H3. The summed E-state index contributed by atoms with van der Waals surface area (Å²) in [5.41, 5.74) is 2.92. The fraction of sp³-hybridized carbons (Fsp3) is 0.267. The largest absolute Gasteiger partial charge is 0.377 e. The molecule has 0 saturated carbocycles. The van der Waals surface area contributed by atoms with Gasteiger partial charge in [-0.25, -0.2) is 0 Å². The molecule has 0 aliphatic rings. The van der Waals surface area contributed by atoms with Crippen molar-refractivity contribution in [3.63, 3.8) is 0 Å². The number of thioether (sulfide) groups is 1. The minimum atomic E-state index is 0.209. The Morgan fingerprint density at radius 3 is 2.89 bits per heavy atom. The lowest BCUT2D eigenvalue weighted by Gasteiger charge is -2.16. The maximum Gasteiger partial charge on any atom is 0.102 e. The molecule has 0 fully saturated rings. The smallest absolute Gasteiger partial charge is 0.102 e. The van der Waals surface area contributed by atoms with Crippen molar-refractivity contribution in [3.8, 4) is 6.07 Å². The molecule has 1 atom stereocenters. The van der Waals surface area contributed by atoms with Crippen molar-refractivity contribution >= 4 is 28.8 Å². The molecular weight excluding hydrogens is 272 g/mol. The summed E-state index contributed by atoms with van der Waals surface area (Å²) in [6.45, 7) is 4.21. The summed E-state index contributed by atoms with van der Waals surface area (Å²) in [6.07, 6.45) is 0. The Morgan fingerprint density at radius 1 is 1.42 bits per heavy atom. The number of nitrogens with zero attached hydrogens (tertiary/aromatic N) is 1. The lowest BCUT2D eigenvalue weighted by atomic mass is 10.1.